The average molecular weight is 569 g/mol. The Bertz CT molecular complexity index is 1120. The summed E-state index contributed by atoms with van der Waals surface area (Å²) in [6, 6.07) is 13.8. The molecule has 2 atom stereocenters. The second-order valence-corrected chi connectivity index (χ2v) is 10.6. The van der Waals surface area contributed by atoms with Gasteiger partial charge in [-0.15, -0.1) is 0 Å². The monoisotopic (exact) mass is 568 g/mol. The van der Waals surface area contributed by atoms with Gasteiger partial charge < -0.3 is 24.6 Å². The zero-order valence-corrected chi connectivity index (χ0v) is 21.9. The highest BCUT2D eigenvalue weighted by Crippen LogP contribution is 2.32. The Balaban J connectivity index is 1.69. The molecular weight excluding hydrogens is 540 g/mol. The first-order valence-corrected chi connectivity index (χ1v) is 13.2. The van der Waals surface area contributed by atoms with E-state index in [1.165, 1.54) is 26.3 Å². The third-order valence-corrected chi connectivity index (χ3v) is 7.94. The van der Waals surface area contributed by atoms with E-state index in [1.54, 1.807) is 18.2 Å². The lowest BCUT2D eigenvalue weighted by atomic mass is 9.93. The van der Waals surface area contributed by atoms with E-state index in [2.05, 4.69) is 21.2 Å². The molecule has 0 unspecified atom stereocenters. The first kappa shape index (κ1) is 27.2. The van der Waals surface area contributed by atoms with Crippen LogP contribution in [0, 0.1) is 0 Å². The van der Waals surface area contributed by atoms with Crippen molar-refractivity contribution in [3.8, 4) is 5.75 Å². The molecule has 1 aliphatic heterocycles. The van der Waals surface area contributed by atoms with Gasteiger partial charge in [-0.05, 0) is 48.0 Å². The molecule has 1 heterocycles. The number of allylic oxidation sites excluding steroid dienone is 1. The van der Waals surface area contributed by atoms with Crippen LogP contribution >= 0.6 is 15.9 Å². The number of benzene rings is 2. The van der Waals surface area contributed by atoms with Gasteiger partial charge in [-0.25, -0.2) is 8.42 Å². The van der Waals surface area contributed by atoms with Crippen molar-refractivity contribution < 1.29 is 32.5 Å². The number of carbonyl (C=O) groups excluding carboxylic acids is 1. The molecule has 0 aromatic heterocycles. The van der Waals surface area contributed by atoms with Crippen LogP contribution in [0.15, 0.2) is 69.7 Å². The number of nitrogens with zero attached hydrogens (tertiary/aromatic N) is 1. The number of amides is 1. The van der Waals surface area contributed by atoms with E-state index >= 15 is 0 Å². The normalized spacial score (nSPS) is 18.0. The minimum Gasteiger partial charge on any atom is -0.497 e. The molecule has 190 valence electrons. The van der Waals surface area contributed by atoms with Crippen molar-refractivity contribution in [2.24, 2.45) is 0 Å². The number of hydrogen-bond acceptors (Lipinski definition) is 7. The molecule has 0 aliphatic carbocycles. The Kier molecular flexibility index (Phi) is 9.70. The van der Waals surface area contributed by atoms with Crippen molar-refractivity contribution in [1.82, 2.24) is 9.62 Å². The van der Waals surface area contributed by atoms with Crippen molar-refractivity contribution in [1.29, 1.82) is 0 Å². The molecule has 1 aliphatic rings. The lowest BCUT2D eigenvalue weighted by molar-refractivity contribution is -0.146. The maximum Gasteiger partial charge on any atom is 0.285 e. The number of methoxy groups -OCH3 is 1. The molecule has 2 N–H and O–H groups in total. The molecule has 11 heteroatoms. The fraction of sp³-hybridized carbons (Fsp3) is 0.375. The quantitative estimate of drug-likeness (QED) is 0.428. The SMILES string of the molecule is CNC(=O)C1=C[C@@H](c2ccc(Br)cc2)C[C@@H](OCCN(CCO)S(=O)(=O)c2ccc(OC)cc2)O1. The van der Waals surface area contributed by atoms with Gasteiger partial charge in [-0.2, -0.15) is 4.31 Å². The number of ether oxygens (including phenoxy) is 3. The molecule has 0 spiro atoms. The maximum atomic E-state index is 13.1. The summed E-state index contributed by atoms with van der Waals surface area (Å²) >= 11 is 3.42. The van der Waals surface area contributed by atoms with E-state index in [9.17, 15) is 18.3 Å². The zero-order chi connectivity index (χ0) is 25.4. The third-order valence-electron chi connectivity index (χ3n) is 5.50. The number of carbonyl (C=O) groups is 1. The first-order valence-electron chi connectivity index (χ1n) is 11.0. The number of aliphatic hydroxyl groups is 1. The molecule has 1 amide bonds. The fourth-order valence-corrected chi connectivity index (χ4v) is 5.31. The highest BCUT2D eigenvalue weighted by atomic mass is 79.9. The van der Waals surface area contributed by atoms with Crippen LogP contribution in [0.5, 0.6) is 5.75 Å². The van der Waals surface area contributed by atoms with Gasteiger partial charge in [0.05, 0.1) is 25.2 Å². The standard InChI is InChI=1S/C24H29BrN2O7S/c1-26-24(29)22-15-18(17-3-5-19(25)6-4-17)16-23(34-22)33-14-12-27(11-13-28)35(30,31)21-9-7-20(32-2)8-10-21/h3-10,15,18,23,28H,11-14,16H2,1-2H3,(H,26,29)/t18-,23+/m1/s1. The number of nitrogens with one attached hydrogen (secondary N) is 1. The van der Waals surface area contributed by atoms with Gasteiger partial charge >= 0.3 is 0 Å². The van der Waals surface area contributed by atoms with Gasteiger partial charge in [0, 0.05) is 36.9 Å². The first-order chi connectivity index (χ1) is 16.8. The van der Waals surface area contributed by atoms with Gasteiger partial charge in [0.2, 0.25) is 16.3 Å². The molecule has 0 radical (unpaired) electrons. The summed E-state index contributed by atoms with van der Waals surface area (Å²) in [6.45, 7) is -0.427. The summed E-state index contributed by atoms with van der Waals surface area (Å²) in [5.41, 5.74) is 0.996. The fourth-order valence-electron chi connectivity index (χ4n) is 3.63. The van der Waals surface area contributed by atoms with Crippen LogP contribution in [0.2, 0.25) is 0 Å². The van der Waals surface area contributed by atoms with E-state index < -0.39 is 16.3 Å². The van der Waals surface area contributed by atoms with Crippen molar-refractivity contribution >= 4 is 31.9 Å². The Morgan fingerprint density at radius 1 is 1.17 bits per heavy atom. The van der Waals surface area contributed by atoms with Crippen molar-refractivity contribution in [2.45, 2.75) is 23.5 Å². The zero-order valence-electron chi connectivity index (χ0n) is 19.5. The minimum absolute atomic E-state index is 0.00322. The van der Waals surface area contributed by atoms with E-state index in [4.69, 9.17) is 14.2 Å². The van der Waals surface area contributed by atoms with Gasteiger partial charge in [0.1, 0.15) is 5.75 Å². The molecule has 35 heavy (non-hydrogen) atoms. The highest BCUT2D eigenvalue weighted by molar-refractivity contribution is 9.10. The van der Waals surface area contributed by atoms with Crippen LogP contribution in [-0.2, 0) is 24.3 Å². The topological polar surface area (TPSA) is 114 Å². The molecule has 0 saturated carbocycles. The lowest BCUT2D eigenvalue weighted by Gasteiger charge is -2.30. The summed E-state index contributed by atoms with van der Waals surface area (Å²) in [5, 5.41) is 12.0. The Hall–Kier alpha value is -2.44. The van der Waals surface area contributed by atoms with Gasteiger partial charge in [0.15, 0.2) is 5.76 Å². The number of sulfonamides is 1. The van der Waals surface area contributed by atoms with Gasteiger partial charge in [-0.1, -0.05) is 28.1 Å². The molecule has 2 aromatic carbocycles. The number of hydrogen-bond donors (Lipinski definition) is 2. The lowest BCUT2D eigenvalue weighted by Crippen LogP contribution is -2.38. The second-order valence-electron chi connectivity index (χ2n) is 7.73. The largest absolute Gasteiger partial charge is 0.497 e. The summed E-state index contributed by atoms with van der Waals surface area (Å²) in [5.74, 6) is 0.195. The third kappa shape index (κ3) is 7.05. The minimum atomic E-state index is -3.86. The van der Waals surface area contributed by atoms with Crippen LogP contribution in [0.1, 0.15) is 17.9 Å². The second kappa shape index (κ2) is 12.5. The molecular formula is C24H29BrN2O7S. The molecule has 9 nitrogen and oxygen atoms in total. The summed E-state index contributed by atoms with van der Waals surface area (Å²) in [7, 11) is -0.846. The predicted octanol–water partition coefficient (Wildman–Crippen LogP) is 2.62. The number of rotatable bonds is 11. The summed E-state index contributed by atoms with van der Waals surface area (Å²) in [4.78, 5) is 12.3. The Morgan fingerprint density at radius 2 is 1.86 bits per heavy atom. The van der Waals surface area contributed by atoms with Crippen LogP contribution in [0.3, 0.4) is 0 Å². The van der Waals surface area contributed by atoms with Gasteiger partial charge in [0.25, 0.3) is 5.91 Å². The highest BCUT2D eigenvalue weighted by Gasteiger charge is 2.29. The maximum absolute atomic E-state index is 13.1. The van der Waals surface area contributed by atoms with E-state index in [1.807, 2.05) is 24.3 Å². The van der Waals surface area contributed by atoms with Crippen molar-refractivity contribution in [2.75, 3.05) is 40.5 Å². The number of aliphatic hydroxyl groups excluding tert-OH is 1. The average Bonchev–Trinajstić information content (AvgIpc) is 2.88. The van der Waals surface area contributed by atoms with Gasteiger partial charge in [-0.3, -0.25) is 4.79 Å². The molecule has 0 fully saturated rings. The van der Waals surface area contributed by atoms with Crippen molar-refractivity contribution in [3.63, 3.8) is 0 Å². The molecule has 2 aromatic rings. The smallest absolute Gasteiger partial charge is 0.285 e. The van der Waals surface area contributed by atoms with Crippen LogP contribution in [0.4, 0.5) is 0 Å². The molecule has 0 bridgehead atoms. The van der Waals surface area contributed by atoms with Crippen LogP contribution < -0.4 is 10.1 Å². The van der Waals surface area contributed by atoms with Crippen LogP contribution in [0.25, 0.3) is 0 Å². The Labute approximate surface area is 213 Å². The Morgan fingerprint density at radius 3 is 2.46 bits per heavy atom. The van der Waals surface area contributed by atoms with E-state index in [0.29, 0.717) is 12.2 Å². The molecule has 0 saturated heterocycles. The van der Waals surface area contributed by atoms with E-state index in [-0.39, 0.29) is 48.8 Å². The van der Waals surface area contributed by atoms with E-state index in [0.717, 1.165) is 14.3 Å². The number of likely N-dealkylation sites (N-methyl/N-ethyl adjacent to an activating group) is 1. The van der Waals surface area contributed by atoms with Crippen molar-refractivity contribution in [3.05, 3.63) is 70.4 Å². The summed E-state index contributed by atoms with van der Waals surface area (Å²) in [6.07, 6.45) is 1.46. The predicted molar refractivity (Wildman–Crippen MR) is 133 cm³/mol. The number of halogens is 1. The van der Waals surface area contributed by atoms with Crippen LogP contribution in [-0.4, -0.2) is 70.5 Å². The molecule has 3 rings (SSSR count). The summed E-state index contributed by atoms with van der Waals surface area (Å²) < 4.78 is 44.9.